The minimum Gasteiger partial charge on any atom is -0.336 e. The van der Waals surface area contributed by atoms with E-state index in [1.165, 1.54) is 0 Å². The third kappa shape index (κ3) is 7.62. The van der Waals surface area contributed by atoms with Crippen molar-refractivity contribution in [2.24, 2.45) is 0 Å². The van der Waals surface area contributed by atoms with Crippen LogP contribution in [0.1, 0.15) is 35.8 Å². The maximum Gasteiger partial charge on any atom is 0.433 e. The van der Waals surface area contributed by atoms with Crippen LogP contribution in [0, 0.1) is 17.1 Å². The van der Waals surface area contributed by atoms with Gasteiger partial charge in [0.15, 0.2) is 9.84 Å². The Morgan fingerprint density at radius 1 is 1.08 bits per heavy atom. The van der Waals surface area contributed by atoms with Gasteiger partial charge in [-0.25, -0.2) is 17.8 Å². The largest absolute Gasteiger partial charge is 0.433 e. The molecule has 1 fully saturated rings. The van der Waals surface area contributed by atoms with Crippen molar-refractivity contribution in [1.29, 1.82) is 5.26 Å². The molecule has 0 bridgehead atoms. The predicted molar refractivity (Wildman–Crippen MR) is 115 cm³/mol. The minimum atomic E-state index is -5.06. The maximum absolute atomic E-state index is 13.9. The van der Waals surface area contributed by atoms with Gasteiger partial charge in [-0.05, 0) is 42.7 Å². The molecule has 1 heterocycles. The fraction of sp³-hybridized carbons (Fsp3) is 0.409. The number of rotatable bonds is 9. The Balaban J connectivity index is 1.90. The van der Waals surface area contributed by atoms with Gasteiger partial charge in [0.25, 0.3) is 0 Å². The molecule has 1 saturated carbocycles. The highest BCUT2D eigenvalue weighted by atomic mass is 32.2. The Bertz CT molecular complexity index is 1290. The summed E-state index contributed by atoms with van der Waals surface area (Å²) in [6, 6.07) is 2.72. The first-order chi connectivity index (χ1) is 17.0. The van der Waals surface area contributed by atoms with Crippen molar-refractivity contribution in [1.82, 2.24) is 15.6 Å². The van der Waals surface area contributed by atoms with Crippen LogP contribution in [0.25, 0.3) is 0 Å². The van der Waals surface area contributed by atoms with Gasteiger partial charge in [0.1, 0.15) is 29.1 Å². The molecule has 2 N–H and O–H groups in total. The van der Waals surface area contributed by atoms with E-state index in [0.29, 0.717) is 6.07 Å². The van der Waals surface area contributed by atoms with Crippen LogP contribution in [0.3, 0.4) is 0 Å². The predicted octanol–water partition coefficient (Wildman–Crippen LogP) is 3.59. The van der Waals surface area contributed by atoms with Gasteiger partial charge >= 0.3 is 12.4 Å². The summed E-state index contributed by atoms with van der Waals surface area (Å²) >= 11 is 0. The molecular weight excluding hydrogens is 533 g/mol. The summed E-state index contributed by atoms with van der Waals surface area (Å²) in [5.41, 5.74) is -3.78. The molecule has 3 rings (SSSR count). The second-order valence-corrected chi connectivity index (χ2v) is 10.6. The lowest BCUT2D eigenvalue weighted by Crippen LogP contribution is -2.54. The van der Waals surface area contributed by atoms with Crippen molar-refractivity contribution in [3.8, 4) is 6.07 Å². The molecule has 0 aliphatic heterocycles. The standard InChI is InChI=1S/C22H19F7N4O3S/c23-14-6-4-13(5-7-14)18(22(27,28)29)32-16(19(34)33-20(12-30)8-9-20)11-37(35,36)10-15-2-1-3-17(31-15)21(24,25)26/h1-7,16,18,32H,8-11H2,(H,33,34)/t16-,18?/m0/s1. The fourth-order valence-electron chi connectivity index (χ4n) is 3.40. The van der Waals surface area contributed by atoms with Gasteiger partial charge in [0, 0.05) is 0 Å². The van der Waals surface area contributed by atoms with Crippen LogP contribution in [0.4, 0.5) is 30.7 Å². The highest BCUT2D eigenvalue weighted by molar-refractivity contribution is 7.90. The average Bonchev–Trinajstić information content (AvgIpc) is 3.55. The summed E-state index contributed by atoms with van der Waals surface area (Å²) in [5, 5.41) is 13.4. The Labute approximate surface area is 206 Å². The number of hydrogen-bond donors (Lipinski definition) is 2. The maximum atomic E-state index is 13.9. The Hall–Kier alpha value is -3.25. The molecule has 0 spiro atoms. The minimum absolute atomic E-state index is 0.198. The number of pyridine rings is 1. The second kappa shape index (κ2) is 10.3. The number of sulfone groups is 1. The second-order valence-electron chi connectivity index (χ2n) is 8.50. The normalized spacial score (nSPS) is 16.9. The van der Waals surface area contributed by atoms with E-state index in [1.807, 2.05) is 5.32 Å². The first-order valence-corrected chi connectivity index (χ1v) is 12.4. The molecule has 1 aliphatic rings. The molecule has 2 aromatic rings. The van der Waals surface area contributed by atoms with E-state index in [-0.39, 0.29) is 12.8 Å². The van der Waals surface area contributed by atoms with E-state index >= 15 is 0 Å². The topological polar surface area (TPSA) is 112 Å². The van der Waals surface area contributed by atoms with Crippen molar-refractivity contribution >= 4 is 15.7 Å². The molecule has 1 aromatic carbocycles. The Kier molecular flexibility index (Phi) is 7.85. The molecular formula is C22H19F7N4O3S. The number of halogens is 7. The summed E-state index contributed by atoms with van der Waals surface area (Å²) in [4.78, 5) is 16.1. The lowest BCUT2D eigenvalue weighted by molar-refractivity contribution is -0.160. The van der Waals surface area contributed by atoms with Crippen molar-refractivity contribution < 1.29 is 43.9 Å². The molecule has 37 heavy (non-hydrogen) atoms. The molecule has 1 aliphatic carbocycles. The van der Waals surface area contributed by atoms with E-state index in [4.69, 9.17) is 0 Å². The third-order valence-corrected chi connectivity index (χ3v) is 7.00. The molecule has 0 radical (unpaired) electrons. The van der Waals surface area contributed by atoms with Crippen LogP contribution in [-0.4, -0.2) is 42.8 Å². The Morgan fingerprint density at radius 2 is 1.70 bits per heavy atom. The van der Waals surface area contributed by atoms with Crippen molar-refractivity contribution in [2.45, 2.75) is 48.6 Å². The number of alkyl halides is 6. The number of benzene rings is 1. The van der Waals surface area contributed by atoms with E-state index in [0.717, 1.165) is 36.4 Å². The number of hydrogen-bond acceptors (Lipinski definition) is 6. The van der Waals surface area contributed by atoms with Gasteiger partial charge < -0.3 is 5.32 Å². The lowest BCUT2D eigenvalue weighted by Gasteiger charge is -2.28. The first kappa shape index (κ1) is 28.3. The molecule has 1 unspecified atom stereocenters. The van der Waals surface area contributed by atoms with E-state index in [1.54, 1.807) is 6.07 Å². The highest BCUT2D eigenvalue weighted by Crippen LogP contribution is 2.36. The molecule has 1 aromatic heterocycles. The average molecular weight is 552 g/mol. The molecule has 2 atom stereocenters. The van der Waals surface area contributed by atoms with Gasteiger partial charge in [-0.1, -0.05) is 18.2 Å². The van der Waals surface area contributed by atoms with Gasteiger partial charge in [0.2, 0.25) is 5.91 Å². The van der Waals surface area contributed by atoms with Crippen molar-refractivity contribution in [3.63, 3.8) is 0 Å². The summed E-state index contributed by atoms with van der Waals surface area (Å²) in [7, 11) is -4.53. The number of aromatic nitrogens is 1. The van der Waals surface area contributed by atoms with Crippen LogP contribution in [0.2, 0.25) is 0 Å². The zero-order chi connectivity index (χ0) is 27.6. The molecule has 0 saturated heterocycles. The van der Waals surface area contributed by atoms with E-state index in [2.05, 4.69) is 10.3 Å². The SMILES string of the molecule is N#CC1(NC(=O)[C@H](CS(=O)(=O)Cc2cccc(C(F)(F)F)n2)NC(c2ccc(F)cc2)C(F)(F)F)CC1. The molecule has 200 valence electrons. The first-order valence-electron chi connectivity index (χ1n) is 10.6. The number of amides is 1. The van der Waals surface area contributed by atoms with Crippen LogP contribution in [0.5, 0.6) is 0 Å². The van der Waals surface area contributed by atoms with Gasteiger partial charge in [-0.3, -0.25) is 10.1 Å². The number of nitrogens with one attached hydrogen (secondary N) is 2. The van der Waals surface area contributed by atoms with E-state index in [9.17, 15) is 49.2 Å². The number of carbonyl (C=O) groups excluding carboxylic acids is 1. The van der Waals surface area contributed by atoms with Crippen molar-refractivity contribution in [2.75, 3.05) is 5.75 Å². The van der Waals surface area contributed by atoms with Gasteiger partial charge in [0.05, 0.1) is 23.3 Å². The third-order valence-electron chi connectivity index (χ3n) is 5.43. The Morgan fingerprint density at radius 3 is 2.22 bits per heavy atom. The molecule has 7 nitrogen and oxygen atoms in total. The van der Waals surface area contributed by atoms with E-state index < -0.39 is 80.0 Å². The summed E-state index contributed by atoms with van der Waals surface area (Å²) in [6.45, 7) is 0. The smallest absolute Gasteiger partial charge is 0.336 e. The lowest BCUT2D eigenvalue weighted by atomic mass is 10.0. The van der Waals surface area contributed by atoms with Gasteiger partial charge in [-0.2, -0.15) is 31.6 Å². The summed E-state index contributed by atoms with van der Waals surface area (Å²) in [6.07, 6.45) is -9.53. The van der Waals surface area contributed by atoms with Gasteiger partial charge in [-0.15, -0.1) is 0 Å². The molecule has 15 heteroatoms. The van der Waals surface area contributed by atoms with Crippen LogP contribution < -0.4 is 10.6 Å². The number of nitriles is 1. The zero-order valence-corrected chi connectivity index (χ0v) is 19.5. The van der Waals surface area contributed by atoms with Crippen LogP contribution in [0.15, 0.2) is 42.5 Å². The molecule has 1 amide bonds. The highest BCUT2D eigenvalue weighted by Gasteiger charge is 2.48. The van der Waals surface area contributed by atoms with Crippen molar-refractivity contribution in [3.05, 3.63) is 65.2 Å². The monoisotopic (exact) mass is 552 g/mol. The quantitative estimate of drug-likeness (QED) is 0.460. The summed E-state index contributed by atoms with van der Waals surface area (Å²) < 4.78 is 119. The fourth-order valence-corrected chi connectivity index (χ4v) is 4.89. The summed E-state index contributed by atoms with van der Waals surface area (Å²) in [5.74, 6) is -4.42. The number of carbonyl (C=O) groups is 1. The van der Waals surface area contributed by atoms with Crippen LogP contribution >= 0.6 is 0 Å². The number of nitrogens with zero attached hydrogens (tertiary/aromatic N) is 2. The van der Waals surface area contributed by atoms with Crippen LogP contribution in [-0.2, 0) is 26.6 Å². The zero-order valence-electron chi connectivity index (χ0n) is 18.7.